The molecule has 0 aromatic heterocycles. The van der Waals surface area contributed by atoms with E-state index in [1.165, 1.54) is 28.8 Å². The van der Waals surface area contributed by atoms with Crippen LogP contribution in [-0.4, -0.2) is 7.05 Å². The lowest BCUT2D eigenvalue weighted by Crippen LogP contribution is -2.19. The molecule has 1 nitrogen and oxygen atoms in total. The minimum absolute atomic E-state index is 0.0508. The molecule has 0 saturated heterocycles. The summed E-state index contributed by atoms with van der Waals surface area (Å²) in [6.45, 7) is 4.22. The van der Waals surface area contributed by atoms with Crippen LogP contribution in [0.4, 0.5) is 4.39 Å². The van der Waals surface area contributed by atoms with E-state index in [0.717, 1.165) is 10.0 Å². The average Bonchev–Trinajstić information content (AvgIpc) is 2.37. The van der Waals surface area contributed by atoms with E-state index in [-0.39, 0.29) is 11.9 Å². The van der Waals surface area contributed by atoms with Gasteiger partial charge in [0.25, 0.3) is 0 Å². The normalized spacial score (nSPS) is 12.5. The summed E-state index contributed by atoms with van der Waals surface area (Å²) >= 11 is 3.45. The van der Waals surface area contributed by atoms with Gasteiger partial charge in [0, 0.05) is 4.47 Å². The fourth-order valence-corrected chi connectivity index (χ4v) is 2.88. The number of rotatable bonds is 3. The Hall–Kier alpha value is -1.19. The first-order chi connectivity index (χ1) is 9.04. The van der Waals surface area contributed by atoms with Crippen LogP contribution in [0.15, 0.2) is 40.9 Å². The predicted octanol–water partition coefficient (Wildman–Crippen LogP) is 4.51. The minimum Gasteiger partial charge on any atom is -0.309 e. The highest BCUT2D eigenvalue weighted by molar-refractivity contribution is 9.10. The Labute approximate surface area is 122 Å². The Kier molecular flexibility index (Phi) is 4.38. The molecule has 3 heteroatoms. The first kappa shape index (κ1) is 14.2. The fourth-order valence-electron chi connectivity index (χ4n) is 2.30. The molecular formula is C16H17BrFN. The second-order valence-electron chi connectivity index (χ2n) is 4.68. The van der Waals surface area contributed by atoms with Crippen LogP contribution in [0.25, 0.3) is 0 Å². The monoisotopic (exact) mass is 321 g/mol. The van der Waals surface area contributed by atoms with Crippen molar-refractivity contribution in [3.8, 4) is 0 Å². The smallest absolute Gasteiger partial charge is 0.124 e. The van der Waals surface area contributed by atoms with E-state index in [4.69, 9.17) is 0 Å². The van der Waals surface area contributed by atoms with Gasteiger partial charge < -0.3 is 5.32 Å². The maximum atomic E-state index is 13.2. The highest BCUT2D eigenvalue weighted by atomic mass is 79.9. The first-order valence-electron chi connectivity index (χ1n) is 6.23. The van der Waals surface area contributed by atoms with Gasteiger partial charge in [-0.3, -0.25) is 0 Å². The lowest BCUT2D eigenvalue weighted by molar-refractivity contribution is 0.621. The minimum atomic E-state index is -0.230. The summed E-state index contributed by atoms with van der Waals surface area (Å²) in [7, 11) is 1.92. The molecule has 1 atom stereocenters. The molecule has 0 amide bonds. The fraction of sp³-hybridized carbons (Fsp3) is 0.250. The van der Waals surface area contributed by atoms with Crippen LogP contribution in [0.5, 0.6) is 0 Å². The molecule has 0 aliphatic rings. The van der Waals surface area contributed by atoms with E-state index >= 15 is 0 Å². The summed E-state index contributed by atoms with van der Waals surface area (Å²) in [6.07, 6.45) is 0. The van der Waals surface area contributed by atoms with E-state index in [1.54, 1.807) is 0 Å². The molecule has 1 N–H and O–H groups in total. The van der Waals surface area contributed by atoms with Crippen LogP contribution < -0.4 is 5.32 Å². The third kappa shape index (κ3) is 2.88. The summed E-state index contributed by atoms with van der Waals surface area (Å²) in [5.41, 5.74) is 4.78. The summed E-state index contributed by atoms with van der Waals surface area (Å²) in [6, 6.07) is 11.1. The van der Waals surface area contributed by atoms with Gasteiger partial charge in [-0.05, 0) is 55.3 Å². The number of benzene rings is 2. The van der Waals surface area contributed by atoms with Crippen molar-refractivity contribution >= 4 is 15.9 Å². The van der Waals surface area contributed by atoms with E-state index in [2.05, 4.69) is 53.3 Å². The average molecular weight is 322 g/mol. The van der Waals surface area contributed by atoms with Gasteiger partial charge in [-0.2, -0.15) is 0 Å². The topological polar surface area (TPSA) is 12.0 Å². The maximum absolute atomic E-state index is 13.2. The van der Waals surface area contributed by atoms with Crippen molar-refractivity contribution in [3.63, 3.8) is 0 Å². The summed E-state index contributed by atoms with van der Waals surface area (Å²) in [5, 5.41) is 3.31. The second-order valence-corrected chi connectivity index (χ2v) is 5.53. The van der Waals surface area contributed by atoms with Crippen molar-refractivity contribution in [1.29, 1.82) is 0 Å². The van der Waals surface area contributed by atoms with E-state index in [0.29, 0.717) is 0 Å². The van der Waals surface area contributed by atoms with Crippen LogP contribution in [0.3, 0.4) is 0 Å². The van der Waals surface area contributed by atoms with Crippen LogP contribution in [0.2, 0.25) is 0 Å². The molecule has 2 aromatic rings. The maximum Gasteiger partial charge on any atom is 0.124 e. The summed E-state index contributed by atoms with van der Waals surface area (Å²) in [5.74, 6) is -0.230. The van der Waals surface area contributed by atoms with Gasteiger partial charge in [-0.25, -0.2) is 4.39 Å². The molecule has 0 aliphatic heterocycles. The van der Waals surface area contributed by atoms with Crippen molar-refractivity contribution in [1.82, 2.24) is 5.32 Å². The van der Waals surface area contributed by atoms with Crippen LogP contribution in [-0.2, 0) is 0 Å². The van der Waals surface area contributed by atoms with Gasteiger partial charge in [0.1, 0.15) is 5.82 Å². The highest BCUT2D eigenvalue weighted by Gasteiger charge is 2.17. The molecule has 0 fully saturated rings. The van der Waals surface area contributed by atoms with Gasteiger partial charge in [0.05, 0.1) is 6.04 Å². The molecule has 0 bridgehead atoms. The molecule has 19 heavy (non-hydrogen) atoms. The second kappa shape index (κ2) is 5.85. The molecule has 100 valence electrons. The Balaban J connectivity index is 2.53. The highest BCUT2D eigenvalue weighted by Crippen LogP contribution is 2.31. The van der Waals surface area contributed by atoms with Crippen LogP contribution in [0, 0.1) is 19.7 Å². The molecule has 0 saturated carbocycles. The largest absolute Gasteiger partial charge is 0.309 e. The SMILES string of the molecule is CNC(c1ccc(F)cc1Br)c1cccc(C)c1C. The van der Waals surface area contributed by atoms with Crippen LogP contribution in [0.1, 0.15) is 28.3 Å². The Bertz CT molecular complexity index is 595. The predicted molar refractivity (Wildman–Crippen MR) is 80.9 cm³/mol. The van der Waals surface area contributed by atoms with E-state index in [1.807, 2.05) is 13.1 Å². The quantitative estimate of drug-likeness (QED) is 0.876. The third-order valence-corrected chi connectivity index (χ3v) is 4.21. The molecule has 2 aromatic carbocycles. The van der Waals surface area contributed by atoms with E-state index < -0.39 is 0 Å². The molecular weight excluding hydrogens is 305 g/mol. The Morgan fingerprint density at radius 3 is 2.47 bits per heavy atom. The molecule has 0 aliphatic carbocycles. The lowest BCUT2D eigenvalue weighted by atomic mass is 9.93. The lowest BCUT2D eigenvalue weighted by Gasteiger charge is -2.21. The Morgan fingerprint density at radius 1 is 1.11 bits per heavy atom. The standard InChI is InChI=1S/C16H17BrFN/c1-10-5-4-6-13(11(10)2)16(19-3)14-8-7-12(18)9-15(14)17/h4-9,16,19H,1-3H3. The van der Waals surface area contributed by atoms with Gasteiger partial charge in [0.2, 0.25) is 0 Å². The van der Waals surface area contributed by atoms with Gasteiger partial charge in [0.15, 0.2) is 0 Å². The first-order valence-corrected chi connectivity index (χ1v) is 7.02. The summed E-state index contributed by atoms with van der Waals surface area (Å²) < 4.78 is 14.0. The number of hydrogen-bond donors (Lipinski definition) is 1. The zero-order valence-electron chi connectivity index (χ0n) is 11.3. The van der Waals surface area contributed by atoms with Crippen molar-refractivity contribution in [2.24, 2.45) is 0 Å². The van der Waals surface area contributed by atoms with Gasteiger partial charge in [-0.1, -0.05) is 40.2 Å². The third-order valence-electron chi connectivity index (χ3n) is 3.52. The Morgan fingerprint density at radius 2 is 1.84 bits per heavy atom. The molecule has 0 heterocycles. The number of hydrogen-bond acceptors (Lipinski definition) is 1. The molecule has 2 rings (SSSR count). The van der Waals surface area contributed by atoms with Crippen molar-refractivity contribution in [3.05, 3.63) is 68.9 Å². The zero-order valence-corrected chi connectivity index (χ0v) is 12.9. The van der Waals surface area contributed by atoms with Crippen molar-refractivity contribution in [2.45, 2.75) is 19.9 Å². The van der Waals surface area contributed by atoms with E-state index in [9.17, 15) is 4.39 Å². The zero-order chi connectivity index (χ0) is 14.0. The summed E-state index contributed by atoms with van der Waals surface area (Å²) in [4.78, 5) is 0. The number of aryl methyl sites for hydroxylation is 1. The molecule has 0 radical (unpaired) electrons. The molecule has 1 unspecified atom stereocenters. The van der Waals surface area contributed by atoms with Crippen molar-refractivity contribution in [2.75, 3.05) is 7.05 Å². The van der Waals surface area contributed by atoms with Gasteiger partial charge in [-0.15, -0.1) is 0 Å². The van der Waals surface area contributed by atoms with Crippen molar-refractivity contribution < 1.29 is 4.39 Å². The molecule has 0 spiro atoms. The van der Waals surface area contributed by atoms with Crippen LogP contribution >= 0.6 is 15.9 Å². The van der Waals surface area contributed by atoms with Gasteiger partial charge >= 0.3 is 0 Å². The number of halogens is 2. The number of nitrogens with one attached hydrogen (secondary N) is 1.